The fraction of sp³-hybridized carbons (Fsp3) is 0.267. The maximum absolute atomic E-state index is 6.17. The number of hydrogen-bond acceptors (Lipinski definition) is 3. The summed E-state index contributed by atoms with van der Waals surface area (Å²) in [5.74, 6) is 0.843. The quantitative estimate of drug-likeness (QED) is 0.810. The summed E-state index contributed by atoms with van der Waals surface area (Å²) in [6.45, 7) is 3.92. The maximum atomic E-state index is 6.17. The van der Waals surface area contributed by atoms with Crippen LogP contribution in [0.2, 0.25) is 5.02 Å². The number of halogens is 1. The SMILES string of the molecule is CCNCc1cccnc1SCc1ccccc1Cl. The fourth-order valence-electron chi connectivity index (χ4n) is 1.71. The Bertz CT molecular complexity index is 531. The van der Waals surface area contributed by atoms with Crippen LogP contribution in [0.5, 0.6) is 0 Å². The first kappa shape index (κ1) is 14.4. The lowest BCUT2D eigenvalue weighted by Crippen LogP contribution is -2.12. The molecule has 100 valence electrons. The smallest absolute Gasteiger partial charge is 0.101 e. The Kier molecular flexibility index (Phi) is 5.70. The van der Waals surface area contributed by atoms with Gasteiger partial charge < -0.3 is 5.32 Å². The Morgan fingerprint density at radius 1 is 1.16 bits per heavy atom. The molecule has 1 heterocycles. The van der Waals surface area contributed by atoms with Gasteiger partial charge in [0.05, 0.1) is 0 Å². The minimum absolute atomic E-state index is 0.819. The van der Waals surface area contributed by atoms with E-state index in [4.69, 9.17) is 11.6 Å². The second-order valence-corrected chi connectivity index (χ2v) is 5.50. The second-order valence-electron chi connectivity index (χ2n) is 4.13. The monoisotopic (exact) mass is 292 g/mol. The van der Waals surface area contributed by atoms with Crippen molar-refractivity contribution in [3.63, 3.8) is 0 Å². The Morgan fingerprint density at radius 2 is 1.95 bits per heavy atom. The average molecular weight is 293 g/mol. The van der Waals surface area contributed by atoms with Crippen molar-refractivity contribution in [1.29, 1.82) is 0 Å². The molecule has 0 aliphatic carbocycles. The summed E-state index contributed by atoms with van der Waals surface area (Å²) in [5, 5.41) is 5.23. The predicted molar refractivity (Wildman–Crippen MR) is 82.6 cm³/mol. The highest BCUT2D eigenvalue weighted by Crippen LogP contribution is 2.27. The largest absolute Gasteiger partial charge is 0.313 e. The number of benzene rings is 1. The summed E-state index contributed by atoms with van der Waals surface area (Å²) in [4.78, 5) is 4.46. The minimum Gasteiger partial charge on any atom is -0.313 e. The number of hydrogen-bond donors (Lipinski definition) is 1. The first-order chi connectivity index (χ1) is 9.31. The number of thioether (sulfide) groups is 1. The van der Waals surface area contributed by atoms with Crippen LogP contribution in [-0.4, -0.2) is 11.5 Å². The van der Waals surface area contributed by atoms with E-state index in [9.17, 15) is 0 Å². The fourth-order valence-corrected chi connectivity index (χ4v) is 3.00. The summed E-state index contributed by atoms with van der Waals surface area (Å²) in [6, 6.07) is 12.0. The van der Waals surface area contributed by atoms with Crippen molar-refractivity contribution in [1.82, 2.24) is 10.3 Å². The lowest BCUT2D eigenvalue weighted by Gasteiger charge is -2.09. The molecule has 0 fully saturated rings. The van der Waals surface area contributed by atoms with Crippen molar-refractivity contribution < 1.29 is 0 Å². The van der Waals surface area contributed by atoms with Crippen molar-refractivity contribution in [2.24, 2.45) is 0 Å². The number of nitrogens with one attached hydrogen (secondary N) is 1. The molecule has 0 spiro atoms. The highest BCUT2D eigenvalue weighted by Gasteiger charge is 2.05. The van der Waals surface area contributed by atoms with Gasteiger partial charge in [-0.25, -0.2) is 4.98 Å². The molecule has 0 bridgehead atoms. The number of rotatable bonds is 6. The highest BCUT2D eigenvalue weighted by atomic mass is 35.5. The van der Waals surface area contributed by atoms with Gasteiger partial charge in [0, 0.05) is 23.5 Å². The van der Waals surface area contributed by atoms with Crippen molar-refractivity contribution in [3.8, 4) is 0 Å². The predicted octanol–water partition coefficient (Wildman–Crippen LogP) is 4.14. The average Bonchev–Trinajstić information content (AvgIpc) is 2.45. The van der Waals surface area contributed by atoms with Crippen LogP contribution in [0.1, 0.15) is 18.1 Å². The maximum Gasteiger partial charge on any atom is 0.101 e. The van der Waals surface area contributed by atoms with Crippen molar-refractivity contribution in [2.45, 2.75) is 24.2 Å². The lowest BCUT2D eigenvalue weighted by atomic mass is 10.2. The highest BCUT2D eigenvalue weighted by molar-refractivity contribution is 7.98. The Balaban J connectivity index is 2.05. The van der Waals surface area contributed by atoms with Crippen molar-refractivity contribution in [2.75, 3.05) is 6.54 Å². The number of pyridine rings is 1. The van der Waals surface area contributed by atoms with Crippen LogP contribution in [0.3, 0.4) is 0 Å². The molecule has 0 unspecified atom stereocenters. The molecule has 2 aromatic rings. The van der Waals surface area contributed by atoms with E-state index in [-0.39, 0.29) is 0 Å². The van der Waals surface area contributed by atoms with Gasteiger partial charge >= 0.3 is 0 Å². The van der Waals surface area contributed by atoms with Crippen LogP contribution in [0, 0.1) is 0 Å². The normalized spacial score (nSPS) is 10.6. The van der Waals surface area contributed by atoms with E-state index in [2.05, 4.69) is 29.4 Å². The van der Waals surface area contributed by atoms with Crippen LogP contribution < -0.4 is 5.32 Å². The van der Waals surface area contributed by atoms with Gasteiger partial charge in [0.25, 0.3) is 0 Å². The van der Waals surface area contributed by atoms with Gasteiger partial charge in [-0.2, -0.15) is 0 Å². The van der Waals surface area contributed by atoms with Gasteiger partial charge in [-0.1, -0.05) is 42.8 Å². The van der Waals surface area contributed by atoms with Crippen molar-refractivity contribution in [3.05, 3.63) is 58.7 Å². The molecule has 0 amide bonds. The van der Waals surface area contributed by atoms with E-state index in [1.165, 1.54) is 5.56 Å². The summed E-state index contributed by atoms with van der Waals surface area (Å²) in [5.41, 5.74) is 2.38. The topological polar surface area (TPSA) is 24.9 Å². The van der Waals surface area contributed by atoms with Crippen LogP contribution in [-0.2, 0) is 12.3 Å². The Labute approximate surface area is 123 Å². The first-order valence-electron chi connectivity index (χ1n) is 6.32. The molecule has 0 saturated carbocycles. The molecule has 1 N–H and O–H groups in total. The van der Waals surface area contributed by atoms with Gasteiger partial charge in [-0.3, -0.25) is 0 Å². The Hall–Kier alpha value is -1.03. The second kappa shape index (κ2) is 7.53. The molecule has 1 aromatic heterocycles. The van der Waals surface area contributed by atoms with Gasteiger partial charge in [-0.15, -0.1) is 11.8 Å². The summed E-state index contributed by atoms with van der Waals surface area (Å²) in [7, 11) is 0. The van der Waals surface area contributed by atoms with E-state index in [1.54, 1.807) is 11.8 Å². The standard InChI is InChI=1S/C15H17ClN2S/c1-2-17-10-12-7-5-9-18-15(12)19-11-13-6-3-4-8-14(13)16/h3-9,17H,2,10-11H2,1H3. The molecule has 0 aliphatic heterocycles. The molecule has 0 atom stereocenters. The summed E-state index contributed by atoms with van der Waals surface area (Å²) < 4.78 is 0. The zero-order valence-corrected chi connectivity index (χ0v) is 12.5. The van der Waals surface area contributed by atoms with Crippen LogP contribution in [0.25, 0.3) is 0 Å². The minimum atomic E-state index is 0.819. The van der Waals surface area contributed by atoms with Crippen molar-refractivity contribution >= 4 is 23.4 Å². The van der Waals surface area contributed by atoms with Gasteiger partial charge in [0.1, 0.15) is 5.03 Å². The summed E-state index contributed by atoms with van der Waals surface area (Å²) in [6.07, 6.45) is 1.84. The molecular weight excluding hydrogens is 276 g/mol. The van der Waals surface area contributed by atoms with Crippen LogP contribution in [0.15, 0.2) is 47.6 Å². The van der Waals surface area contributed by atoms with Gasteiger partial charge in [0.15, 0.2) is 0 Å². The lowest BCUT2D eigenvalue weighted by molar-refractivity contribution is 0.711. The first-order valence-corrected chi connectivity index (χ1v) is 7.68. The number of aromatic nitrogens is 1. The third kappa shape index (κ3) is 4.23. The third-order valence-corrected chi connectivity index (χ3v) is 4.20. The van der Waals surface area contributed by atoms with E-state index in [0.717, 1.165) is 34.5 Å². The molecule has 1 aromatic carbocycles. The summed E-state index contributed by atoms with van der Waals surface area (Å²) >= 11 is 7.90. The molecule has 2 nitrogen and oxygen atoms in total. The molecule has 2 rings (SSSR count). The molecule has 0 saturated heterocycles. The third-order valence-electron chi connectivity index (χ3n) is 2.74. The zero-order chi connectivity index (χ0) is 13.5. The van der Waals surface area contributed by atoms with Crippen LogP contribution >= 0.6 is 23.4 Å². The zero-order valence-electron chi connectivity index (χ0n) is 10.9. The molecule has 4 heteroatoms. The molecular formula is C15H17ClN2S. The molecule has 0 aliphatic rings. The molecule has 0 radical (unpaired) electrons. The van der Waals surface area contributed by atoms with Crippen LogP contribution in [0.4, 0.5) is 0 Å². The van der Waals surface area contributed by atoms with Gasteiger partial charge in [-0.05, 0) is 29.8 Å². The van der Waals surface area contributed by atoms with E-state index >= 15 is 0 Å². The number of nitrogens with zero attached hydrogens (tertiary/aromatic N) is 1. The van der Waals surface area contributed by atoms with Gasteiger partial charge in [0.2, 0.25) is 0 Å². The Morgan fingerprint density at radius 3 is 2.74 bits per heavy atom. The van der Waals surface area contributed by atoms with E-state index < -0.39 is 0 Å². The molecule has 19 heavy (non-hydrogen) atoms. The van der Waals surface area contributed by atoms with E-state index in [1.807, 2.05) is 30.5 Å². The van der Waals surface area contributed by atoms with E-state index in [0.29, 0.717) is 0 Å².